The topological polar surface area (TPSA) is 92.3 Å². The fraction of sp³-hybridized carbons (Fsp3) is 0.444. The molecule has 1 atom stereocenters. The summed E-state index contributed by atoms with van der Waals surface area (Å²) in [6.45, 7) is 3.91. The lowest BCUT2D eigenvalue weighted by molar-refractivity contribution is 0.783. The summed E-state index contributed by atoms with van der Waals surface area (Å²) in [7, 11) is 0. The molecule has 7 nitrogen and oxygen atoms in total. The predicted molar refractivity (Wildman–Crippen MR) is 62.6 cm³/mol. The molecule has 0 aromatic carbocycles. The molecule has 0 amide bonds. The summed E-state index contributed by atoms with van der Waals surface area (Å²) < 4.78 is 0. The van der Waals surface area contributed by atoms with E-state index in [0.717, 1.165) is 12.0 Å². The van der Waals surface area contributed by atoms with Crippen molar-refractivity contribution in [2.45, 2.75) is 26.3 Å². The fourth-order valence-electron chi connectivity index (χ4n) is 1.45. The Hall–Kier alpha value is -1.76. The molecule has 17 heavy (non-hydrogen) atoms. The second kappa shape index (κ2) is 5.05. The molecule has 2 N–H and O–H groups in total. The van der Waals surface area contributed by atoms with Crippen molar-refractivity contribution in [2.75, 3.05) is 5.32 Å². The van der Waals surface area contributed by atoms with Crippen molar-refractivity contribution in [1.29, 1.82) is 0 Å². The summed E-state index contributed by atoms with van der Waals surface area (Å²) in [6, 6.07) is -0.106. The molecule has 0 radical (unpaired) electrons. The summed E-state index contributed by atoms with van der Waals surface area (Å²) in [4.78, 5) is 8.11. The van der Waals surface area contributed by atoms with Crippen LogP contribution in [0.3, 0.4) is 0 Å². The Morgan fingerprint density at radius 1 is 1.47 bits per heavy atom. The van der Waals surface area contributed by atoms with E-state index in [2.05, 4.69) is 35.9 Å². The third kappa shape index (κ3) is 2.50. The Labute approximate surface area is 103 Å². The molecule has 0 saturated heterocycles. The van der Waals surface area contributed by atoms with Crippen LogP contribution in [0.1, 0.15) is 31.3 Å². The molecule has 2 aromatic rings. The maximum absolute atomic E-state index is 6.00. The number of hydrogen-bond donors (Lipinski definition) is 2. The molecule has 0 aliphatic rings. The van der Waals surface area contributed by atoms with Crippen molar-refractivity contribution in [3.63, 3.8) is 0 Å². The van der Waals surface area contributed by atoms with E-state index in [1.165, 1.54) is 6.33 Å². The number of anilines is 1. The van der Waals surface area contributed by atoms with Crippen LogP contribution in [0.4, 0.5) is 5.82 Å². The molecule has 2 rings (SSSR count). The lowest BCUT2D eigenvalue weighted by Crippen LogP contribution is -2.12. The lowest BCUT2D eigenvalue weighted by Gasteiger charge is -2.13. The van der Waals surface area contributed by atoms with E-state index in [9.17, 15) is 0 Å². The lowest BCUT2D eigenvalue weighted by atomic mass is 10.2. The van der Waals surface area contributed by atoms with Crippen LogP contribution in [0.2, 0.25) is 5.15 Å². The minimum Gasteiger partial charge on any atom is -0.360 e. The van der Waals surface area contributed by atoms with E-state index in [4.69, 9.17) is 11.6 Å². The van der Waals surface area contributed by atoms with E-state index in [1.54, 1.807) is 0 Å². The number of halogens is 1. The molecule has 1 unspecified atom stereocenters. The van der Waals surface area contributed by atoms with Crippen molar-refractivity contribution in [1.82, 2.24) is 30.6 Å². The Balaban J connectivity index is 2.21. The highest BCUT2D eigenvalue weighted by atomic mass is 35.5. The van der Waals surface area contributed by atoms with Crippen LogP contribution < -0.4 is 5.32 Å². The number of aromatic nitrogens is 6. The number of nitrogens with one attached hydrogen (secondary N) is 2. The molecule has 0 aliphatic carbocycles. The summed E-state index contributed by atoms with van der Waals surface area (Å²) >= 11 is 6.00. The zero-order chi connectivity index (χ0) is 12.3. The van der Waals surface area contributed by atoms with Crippen LogP contribution in [0.15, 0.2) is 6.33 Å². The Morgan fingerprint density at radius 3 is 2.94 bits per heavy atom. The molecule has 8 heteroatoms. The van der Waals surface area contributed by atoms with Crippen LogP contribution in [-0.2, 0) is 6.42 Å². The van der Waals surface area contributed by atoms with Gasteiger partial charge in [0, 0.05) is 5.56 Å². The number of rotatable bonds is 4. The fourth-order valence-corrected chi connectivity index (χ4v) is 1.72. The largest absolute Gasteiger partial charge is 0.360 e. The van der Waals surface area contributed by atoms with Gasteiger partial charge in [-0.25, -0.2) is 9.97 Å². The SMILES string of the molecule is CCc1c(Cl)ncnc1NC(C)c1nn[nH]n1. The number of nitrogens with zero attached hydrogens (tertiary/aromatic N) is 5. The van der Waals surface area contributed by atoms with Gasteiger partial charge in [0.05, 0.1) is 6.04 Å². The van der Waals surface area contributed by atoms with Crippen LogP contribution >= 0.6 is 11.6 Å². The van der Waals surface area contributed by atoms with E-state index < -0.39 is 0 Å². The molecule has 2 aromatic heterocycles. The quantitative estimate of drug-likeness (QED) is 0.800. The maximum atomic E-state index is 6.00. The zero-order valence-corrected chi connectivity index (χ0v) is 10.2. The van der Waals surface area contributed by atoms with Gasteiger partial charge in [-0.3, -0.25) is 0 Å². The normalized spacial score (nSPS) is 12.4. The standard InChI is InChI=1S/C9H12ClN7/c1-3-6-7(10)11-4-12-9(6)13-5(2)8-14-16-17-15-8/h4-5H,3H2,1-2H3,(H,11,12,13)(H,14,15,16,17). The van der Waals surface area contributed by atoms with Crippen molar-refractivity contribution in [2.24, 2.45) is 0 Å². The zero-order valence-electron chi connectivity index (χ0n) is 9.48. The van der Waals surface area contributed by atoms with Gasteiger partial charge >= 0.3 is 0 Å². The van der Waals surface area contributed by atoms with Gasteiger partial charge in [-0.05, 0) is 13.3 Å². The first-order valence-corrected chi connectivity index (χ1v) is 5.59. The first-order chi connectivity index (χ1) is 8.22. The van der Waals surface area contributed by atoms with Crippen molar-refractivity contribution >= 4 is 17.4 Å². The monoisotopic (exact) mass is 253 g/mol. The van der Waals surface area contributed by atoms with Crippen molar-refractivity contribution in [3.05, 3.63) is 22.9 Å². The first kappa shape index (κ1) is 11.7. The summed E-state index contributed by atoms with van der Waals surface area (Å²) in [6.07, 6.45) is 2.17. The minimum absolute atomic E-state index is 0.106. The molecular weight excluding hydrogens is 242 g/mol. The maximum Gasteiger partial charge on any atom is 0.196 e. The van der Waals surface area contributed by atoms with Crippen LogP contribution in [-0.4, -0.2) is 30.6 Å². The van der Waals surface area contributed by atoms with E-state index in [0.29, 0.717) is 16.8 Å². The summed E-state index contributed by atoms with van der Waals surface area (Å²) in [5.74, 6) is 1.27. The van der Waals surface area contributed by atoms with Crippen LogP contribution in [0, 0.1) is 0 Å². The van der Waals surface area contributed by atoms with Gasteiger partial charge in [-0.1, -0.05) is 23.7 Å². The molecule has 2 heterocycles. The number of hydrogen-bond acceptors (Lipinski definition) is 6. The van der Waals surface area contributed by atoms with Gasteiger partial charge in [0.25, 0.3) is 0 Å². The van der Waals surface area contributed by atoms with E-state index >= 15 is 0 Å². The van der Waals surface area contributed by atoms with E-state index in [1.807, 2.05) is 13.8 Å². The highest BCUT2D eigenvalue weighted by Crippen LogP contribution is 2.23. The van der Waals surface area contributed by atoms with Gasteiger partial charge < -0.3 is 5.32 Å². The predicted octanol–water partition coefficient (Wildman–Crippen LogP) is 1.38. The average molecular weight is 254 g/mol. The third-order valence-corrected chi connectivity index (χ3v) is 2.67. The average Bonchev–Trinajstić information content (AvgIpc) is 2.82. The smallest absolute Gasteiger partial charge is 0.196 e. The first-order valence-electron chi connectivity index (χ1n) is 5.21. The second-order valence-electron chi connectivity index (χ2n) is 3.48. The van der Waals surface area contributed by atoms with Gasteiger partial charge in [0.2, 0.25) is 0 Å². The highest BCUT2D eigenvalue weighted by molar-refractivity contribution is 6.30. The molecule has 0 fully saturated rings. The number of aromatic amines is 1. The van der Waals surface area contributed by atoms with Crippen LogP contribution in [0.25, 0.3) is 0 Å². The highest BCUT2D eigenvalue weighted by Gasteiger charge is 2.14. The molecule has 0 bridgehead atoms. The van der Waals surface area contributed by atoms with Gasteiger partial charge in [0.15, 0.2) is 5.82 Å². The Bertz CT molecular complexity index is 484. The van der Waals surface area contributed by atoms with Gasteiger partial charge in [-0.2, -0.15) is 5.21 Å². The number of H-pyrrole nitrogens is 1. The van der Waals surface area contributed by atoms with Gasteiger partial charge in [0.1, 0.15) is 17.3 Å². The summed E-state index contributed by atoms with van der Waals surface area (Å²) in [5, 5.41) is 17.4. The van der Waals surface area contributed by atoms with Crippen molar-refractivity contribution < 1.29 is 0 Å². The van der Waals surface area contributed by atoms with Gasteiger partial charge in [-0.15, -0.1) is 10.2 Å². The summed E-state index contributed by atoms with van der Waals surface area (Å²) in [5.41, 5.74) is 0.879. The minimum atomic E-state index is -0.106. The van der Waals surface area contributed by atoms with Crippen molar-refractivity contribution in [3.8, 4) is 0 Å². The second-order valence-corrected chi connectivity index (χ2v) is 3.84. The molecule has 0 spiro atoms. The number of tetrazole rings is 1. The van der Waals surface area contributed by atoms with E-state index in [-0.39, 0.29) is 6.04 Å². The molecule has 90 valence electrons. The third-order valence-electron chi connectivity index (χ3n) is 2.35. The Kier molecular flexibility index (Phi) is 3.48. The molecule has 0 aliphatic heterocycles. The molecule has 0 saturated carbocycles. The molecular formula is C9H12ClN7. The Morgan fingerprint density at radius 2 is 2.29 bits per heavy atom. The van der Waals surface area contributed by atoms with Crippen LogP contribution in [0.5, 0.6) is 0 Å².